The van der Waals surface area contributed by atoms with Crippen LogP contribution in [0.4, 0.5) is 0 Å². The zero-order valence-corrected chi connectivity index (χ0v) is 14.5. The molecule has 0 aliphatic rings. The number of sulfonamides is 1. The van der Waals surface area contributed by atoms with E-state index < -0.39 is 21.3 Å². The van der Waals surface area contributed by atoms with Crippen molar-refractivity contribution in [3.8, 4) is 0 Å². The molecule has 0 unspecified atom stereocenters. The Labute approximate surface area is 128 Å². The van der Waals surface area contributed by atoms with Crippen LogP contribution in [0, 0.1) is 5.41 Å². The highest BCUT2D eigenvalue weighted by molar-refractivity contribution is 7.89. The summed E-state index contributed by atoms with van der Waals surface area (Å²) in [6.45, 7) is 9.94. The molecule has 0 saturated heterocycles. The zero-order valence-electron chi connectivity index (χ0n) is 13.6. The van der Waals surface area contributed by atoms with E-state index in [1.165, 1.54) is 5.56 Å². The summed E-state index contributed by atoms with van der Waals surface area (Å²) < 4.78 is 24.4. The molecule has 0 radical (unpaired) electrons. The molecule has 1 rings (SSSR count). The topological polar surface area (TPSA) is 63.2 Å². The monoisotopic (exact) mass is 311 g/mol. The number of nitrogens with one attached hydrogen (secondary N) is 1. The summed E-state index contributed by atoms with van der Waals surface area (Å²) in [5.74, 6) is -0.520. The molecule has 0 heterocycles. The number of benzene rings is 1. The average molecular weight is 311 g/mol. The lowest BCUT2D eigenvalue weighted by atomic mass is 9.82. The molecule has 1 aromatic rings. The van der Waals surface area contributed by atoms with Gasteiger partial charge in [0.05, 0.1) is 11.7 Å². The second-order valence-electron chi connectivity index (χ2n) is 7.26. The second kappa shape index (κ2) is 5.79. The van der Waals surface area contributed by atoms with Crippen molar-refractivity contribution in [1.82, 2.24) is 4.72 Å². The van der Waals surface area contributed by atoms with Crippen LogP contribution in [0.5, 0.6) is 0 Å². The van der Waals surface area contributed by atoms with E-state index in [0.717, 1.165) is 18.2 Å². The third-order valence-corrected chi connectivity index (χ3v) is 3.81. The van der Waals surface area contributed by atoms with Crippen LogP contribution in [0.3, 0.4) is 0 Å². The van der Waals surface area contributed by atoms with Gasteiger partial charge in [-0.1, -0.05) is 45.0 Å². The van der Waals surface area contributed by atoms with Crippen LogP contribution < -0.4 is 4.72 Å². The van der Waals surface area contributed by atoms with Crippen molar-refractivity contribution < 1.29 is 13.2 Å². The lowest BCUT2D eigenvalue weighted by Crippen LogP contribution is -2.42. The minimum absolute atomic E-state index is 0.199. The van der Waals surface area contributed by atoms with E-state index in [-0.39, 0.29) is 5.41 Å². The van der Waals surface area contributed by atoms with E-state index in [9.17, 15) is 13.2 Å². The van der Waals surface area contributed by atoms with Crippen molar-refractivity contribution in [2.24, 2.45) is 5.41 Å². The standard InChI is InChI=1S/C16H25NO3S/c1-15(2,3)11-12-7-9-13(10-8-12)16(4,5)14(18)17-21(6,19)20/h7-10H,11H2,1-6H3,(H,17,18). The molecule has 1 amide bonds. The fourth-order valence-corrected chi connectivity index (χ4v) is 2.67. The Hall–Kier alpha value is -1.36. The van der Waals surface area contributed by atoms with Crippen LogP contribution in [0.25, 0.3) is 0 Å². The number of carbonyl (C=O) groups is 1. The molecule has 1 N–H and O–H groups in total. The number of amides is 1. The Kier molecular flexibility index (Phi) is 4.88. The van der Waals surface area contributed by atoms with E-state index >= 15 is 0 Å². The third-order valence-electron chi connectivity index (χ3n) is 3.26. The van der Waals surface area contributed by atoms with E-state index in [1.807, 2.05) is 29.0 Å². The number of rotatable bonds is 4. The van der Waals surface area contributed by atoms with Gasteiger partial charge in [0, 0.05) is 0 Å². The van der Waals surface area contributed by atoms with Crippen LogP contribution in [0.2, 0.25) is 0 Å². The summed E-state index contributed by atoms with van der Waals surface area (Å²) in [6, 6.07) is 7.78. The first-order valence-corrected chi connectivity index (χ1v) is 8.82. The third kappa shape index (κ3) is 5.50. The Morgan fingerprint density at radius 1 is 1.05 bits per heavy atom. The minimum atomic E-state index is -3.55. The Morgan fingerprint density at radius 2 is 1.52 bits per heavy atom. The molecule has 0 atom stereocenters. The van der Waals surface area contributed by atoms with Crippen LogP contribution in [-0.2, 0) is 26.7 Å². The summed E-state index contributed by atoms with van der Waals surface area (Å²) in [7, 11) is -3.55. The molecule has 0 aromatic heterocycles. The van der Waals surface area contributed by atoms with Crippen molar-refractivity contribution in [1.29, 1.82) is 0 Å². The van der Waals surface area contributed by atoms with Gasteiger partial charge < -0.3 is 0 Å². The quantitative estimate of drug-likeness (QED) is 0.929. The Bertz CT molecular complexity index is 608. The summed E-state index contributed by atoms with van der Waals surface area (Å²) in [6.07, 6.45) is 1.93. The van der Waals surface area contributed by atoms with Crippen LogP contribution in [-0.4, -0.2) is 20.6 Å². The summed E-state index contributed by atoms with van der Waals surface area (Å²) in [5, 5.41) is 0. The van der Waals surface area contributed by atoms with Crippen molar-refractivity contribution >= 4 is 15.9 Å². The molecule has 1 aromatic carbocycles. The first kappa shape index (κ1) is 17.7. The predicted molar refractivity (Wildman–Crippen MR) is 85.6 cm³/mol. The molecular weight excluding hydrogens is 286 g/mol. The van der Waals surface area contributed by atoms with E-state index in [4.69, 9.17) is 0 Å². The molecule has 118 valence electrons. The molecular formula is C16H25NO3S. The van der Waals surface area contributed by atoms with Crippen LogP contribution >= 0.6 is 0 Å². The largest absolute Gasteiger partial charge is 0.273 e. The molecule has 4 nitrogen and oxygen atoms in total. The number of hydrogen-bond donors (Lipinski definition) is 1. The van der Waals surface area contributed by atoms with E-state index in [1.54, 1.807) is 13.8 Å². The molecule has 5 heteroatoms. The molecule has 0 spiro atoms. The molecule has 0 aliphatic carbocycles. The van der Waals surface area contributed by atoms with Crippen molar-refractivity contribution in [3.63, 3.8) is 0 Å². The predicted octanol–water partition coefficient (Wildman–Crippen LogP) is 2.63. The van der Waals surface area contributed by atoms with E-state index in [2.05, 4.69) is 20.8 Å². The maximum atomic E-state index is 12.1. The lowest BCUT2D eigenvalue weighted by Gasteiger charge is -2.24. The highest BCUT2D eigenvalue weighted by Crippen LogP contribution is 2.26. The van der Waals surface area contributed by atoms with Gasteiger partial charge in [-0.25, -0.2) is 8.42 Å². The van der Waals surface area contributed by atoms with Gasteiger partial charge in [-0.15, -0.1) is 0 Å². The SMILES string of the molecule is CC(C)(C)Cc1ccc(C(C)(C)C(=O)NS(C)(=O)=O)cc1. The average Bonchev–Trinajstić information content (AvgIpc) is 2.25. The van der Waals surface area contributed by atoms with Gasteiger partial charge in [0.25, 0.3) is 0 Å². The smallest absolute Gasteiger partial charge is 0.243 e. The highest BCUT2D eigenvalue weighted by atomic mass is 32.2. The van der Waals surface area contributed by atoms with Gasteiger partial charge in [-0.05, 0) is 36.8 Å². The van der Waals surface area contributed by atoms with Crippen LogP contribution in [0.15, 0.2) is 24.3 Å². The number of carbonyl (C=O) groups excluding carboxylic acids is 1. The van der Waals surface area contributed by atoms with Gasteiger partial charge in [0.2, 0.25) is 15.9 Å². The lowest BCUT2D eigenvalue weighted by molar-refractivity contribution is -0.123. The van der Waals surface area contributed by atoms with Crippen molar-refractivity contribution in [2.75, 3.05) is 6.26 Å². The second-order valence-corrected chi connectivity index (χ2v) is 9.01. The van der Waals surface area contributed by atoms with E-state index in [0.29, 0.717) is 0 Å². The summed E-state index contributed by atoms with van der Waals surface area (Å²) >= 11 is 0. The molecule has 0 saturated carbocycles. The summed E-state index contributed by atoms with van der Waals surface area (Å²) in [4.78, 5) is 12.1. The van der Waals surface area contributed by atoms with Gasteiger partial charge in [0.1, 0.15) is 0 Å². The maximum Gasteiger partial charge on any atom is 0.243 e. The van der Waals surface area contributed by atoms with Crippen LogP contribution in [0.1, 0.15) is 45.7 Å². The Balaban J connectivity index is 2.97. The maximum absolute atomic E-state index is 12.1. The normalized spacial score (nSPS) is 13.0. The first-order chi connectivity index (χ1) is 9.31. The van der Waals surface area contributed by atoms with Gasteiger partial charge in [0.15, 0.2) is 0 Å². The fraction of sp³-hybridized carbons (Fsp3) is 0.562. The van der Waals surface area contributed by atoms with Crippen molar-refractivity contribution in [3.05, 3.63) is 35.4 Å². The van der Waals surface area contributed by atoms with Gasteiger partial charge in [-0.2, -0.15) is 0 Å². The highest BCUT2D eigenvalue weighted by Gasteiger charge is 2.31. The fourth-order valence-electron chi connectivity index (χ4n) is 2.08. The van der Waals surface area contributed by atoms with Crippen molar-refractivity contribution in [2.45, 2.75) is 46.5 Å². The Morgan fingerprint density at radius 3 is 1.90 bits per heavy atom. The van der Waals surface area contributed by atoms with Gasteiger partial charge in [-0.3, -0.25) is 9.52 Å². The molecule has 0 aliphatic heterocycles. The zero-order chi connectivity index (χ0) is 16.5. The molecule has 0 bridgehead atoms. The minimum Gasteiger partial charge on any atom is -0.273 e. The van der Waals surface area contributed by atoms with Gasteiger partial charge >= 0.3 is 0 Å². The molecule has 21 heavy (non-hydrogen) atoms. The first-order valence-electron chi connectivity index (χ1n) is 6.93. The number of hydrogen-bond acceptors (Lipinski definition) is 3. The summed E-state index contributed by atoms with van der Waals surface area (Å²) in [5.41, 5.74) is 1.29. The molecule has 0 fully saturated rings.